The molecule has 0 fully saturated rings. The maximum absolute atomic E-state index is 13.3. The molecule has 2 aromatic rings. The molecule has 0 spiro atoms. The van der Waals surface area contributed by atoms with E-state index in [4.69, 9.17) is 0 Å². The smallest absolute Gasteiger partial charge is 0.181 e. The van der Waals surface area contributed by atoms with Gasteiger partial charge in [0, 0.05) is 21.3 Å². The first-order valence-corrected chi connectivity index (χ1v) is 6.25. The summed E-state index contributed by atoms with van der Waals surface area (Å²) in [6.45, 7) is 0.483. The van der Waals surface area contributed by atoms with Crippen molar-refractivity contribution in [3.8, 4) is 0 Å². The number of halogens is 3. The summed E-state index contributed by atoms with van der Waals surface area (Å²) in [5.74, 6) is -1.67. The molecule has 0 radical (unpaired) electrons. The molecule has 1 aromatic heterocycles. The minimum Gasteiger partial charge on any atom is -0.378 e. The zero-order valence-corrected chi connectivity index (χ0v) is 10.5. The molecule has 0 bridgehead atoms. The Hall–Kier alpha value is -0.940. The zero-order valence-electron chi connectivity index (χ0n) is 8.14. The molecule has 1 heterocycles. The molecule has 16 heavy (non-hydrogen) atoms. The van der Waals surface area contributed by atoms with Gasteiger partial charge in [0.05, 0.1) is 5.69 Å². The van der Waals surface area contributed by atoms with Crippen LogP contribution in [0.15, 0.2) is 34.1 Å². The van der Waals surface area contributed by atoms with E-state index in [1.807, 2.05) is 11.4 Å². The molecule has 1 nitrogen and oxygen atoms in total. The van der Waals surface area contributed by atoms with Gasteiger partial charge in [0.2, 0.25) is 0 Å². The fourth-order valence-electron chi connectivity index (χ4n) is 1.27. The Morgan fingerprint density at radius 2 is 2.12 bits per heavy atom. The normalized spacial score (nSPS) is 10.4. The molecular formula is C11H8BrF2NS. The van der Waals surface area contributed by atoms with Crippen LogP contribution in [0.5, 0.6) is 0 Å². The number of nitrogens with one attached hydrogen (secondary N) is 1. The van der Waals surface area contributed by atoms with Gasteiger partial charge >= 0.3 is 0 Å². The zero-order chi connectivity index (χ0) is 11.5. The second-order valence-electron chi connectivity index (χ2n) is 3.19. The van der Waals surface area contributed by atoms with Crippen LogP contribution in [0.1, 0.15) is 4.88 Å². The molecule has 0 saturated heterocycles. The fraction of sp³-hybridized carbons (Fsp3) is 0.0909. The van der Waals surface area contributed by atoms with Gasteiger partial charge in [-0.25, -0.2) is 8.78 Å². The Kier molecular flexibility index (Phi) is 3.56. The van der Waals surface area contributed by atoms with Crippen molar-refractivity contribution in [1.82, 2.24) is 0 Å². The lowest BCUT2D eigenvalue weighted by Crippen LogP contribution is -2.01. The number of benzene rings is 1. The number of anilines is 1. The molecule has 1 N–H and O–H groups in total. The Labute approximate surface area is 104 Å². The van der Waals surface area contributed by atoms with Gasteiger partial charge in [0.15, 0.2) is 11.6 Å². The molecular weight excluding hydrogens is 296 g/mol. The number of hydrogen-bond acceptors (Lipinski definition) is 2. The summed E-state index contributed by atoms with van der Waals surface area (Å²) in [5.41, 5.74) is 0.185. The van der Waals surface area contributed by atoms with E-state index in [0.29, 0.717) is 6.54 Å². The third-order valence-corrected chi connectivity index (χ3v) is 3.72. The third kappa shape index (κ3) is 2.59. The van der Waals surface area contributed by atoms with Gasteiger partial charge in [-0.05, 0) is 34.1 Å². The maximum atomic E-state index is 13.3. The van der Waals surface area contributed by atoms with Crippen LogP contribution in [0.4, 0.5) is 14.5 Å². The van der Waals surface area contributed by atoms with Crippen LogP contribution in [0, 0.1) is 11.6 Å². The van der Waals surface area contributed by atoms with E-state index >= 15 is 0 Å². The molecule has 0 unspecified atom stereocenters. The summed E-state index contributed by atoms with van der Waals surface area (Å²) in [5, 5.41) is 4.80. The van der Waals surface area contributed by atoms with Crippen molar-refractivity contribution in [2.45, 2.75) is 6.54 Å². The van der Waals surface area contributed by atoms with E-state index in [-0.39, 0.29) is 5.69 Å². The van der Waals surface area contributed by atoms with Gasteiger partial charge in [-0.3, -0.25) is 0 Å². The topological polar surface area (TPSA) is 12.0 Å². The van der Waals surface area contributed by atoms with Crippen molar-refractivity contribution >= 4 is 33.0 Å². The van der Waals surface area contributed by atoms with E-state index in [0.717, 1.165) is 15.4 Å². The van der Waals surface area contributed by atoms with Crippen LogP contribution in [0.3, 0.4) is 0 Å². The Morgan fingerprint density at radius 1 is 1.31 bits per heavy atom. The van der Waals surface area contributed by atoms with Crippen molar-refractivity contribution in [1.29, 1.82) is 0 Å². The summed E-state index contributed by atoms with van der Waals surface area (Å²) in [6.07, 6.45) is 0. The first-order valence-electron chi connectivity index (χ1n) is 4.57. The predicted molar refractivity (Wildman–Crippen MR) is 65.7 cm³/mol. The fourth-order valence-corrected chi connectivity index (χ4v) is 2.66. The largest absolute Gasteiger partial charge is 0.378 e. The highest BCUT2D eigenvalue weighted by molar-refractivity contribution is 9.10. The molecule has 0 aliphatic carbocycles. The molecule has 0 amide bonds. The van der Waals surface area contributed by atoms with Gasteiger partial charge in [-0.2, -0.15) is 0 Å². The lowest BCUT2D eigenvalue weighted by molar-refractivity contribution is 0.511. The molecule has 1 aromatic carbocycles. The van der Waals surface area contributed by atoms with Crippen LogP contribution in [0.2, 0.25) is 0 Å². The molecule has 0 saturated carbocycles. The van der Waals surface area contributed by atoms with Gasteiger partial charge in [0.25, 0.3) is 0 Å². The van der Waals surface area contributed by atoms with E-state index in [2.05, 4.69) is 21.2 Å². The number of hydrogen-bond donors (Lipinski definition) is 1. The van der Waals surface area contributed by atoms with Crippen molar-refractivity contribution in [3.05, 3.63) is 50.6 Å². The standard InChI is InChI=1S/C11H8BrF2NS/c12-7-4-8(16-6-7)5-15-10-3-1-2-9(13)11(10)14/h1-4,6,15H,5H2. The Bertz CT molecular complexity index is 498. The van der Waals surface area contributed by atoms with Crippen LogP contribution < -0.4 is 5.32 Å². The lowest BCUT2D eigenvalue weighted by Gasteiger charge is -2.06. The summed E-state index contributed by atoms with van der Waals surface area (Å²) < 4.78 is 27.1. The molecule has 0 aliphatic rings. The van der Waals surface area contributed by atoms with E-state index in [1.165, 1.54) is 12.1 Å². The minimum absolute atomic E-state index is 0.185. The van der Waals surface area contributed by atoms with E-state index in [1.54, 1.807) is 11.3 Å². The van der Waals surface area contributed by atoms with Crippen LogP contribution in [0.25, 0.3) is 0 Å². The molecule has 0 aliphatic heterocycles. The second-order valence-corrected chi connectivity index (χ2v) is 5.10. The average molecular weight is 304 g/mol. The van der Waals surface area contributed by atoms with Crippen molar-refractivity contribution < 1.29 is 8.78 Å². The van der Waals surface area contributed by atoms with Gasteiger partial charge in [0.1, 0.15) is 0 Å². The van der Waals surface area contributed by atoms with Crippen LogP contribution in [-0.4, -0.2) is 0 Å². The average Bonchev–Trinajstić information content (AvgIpc) is 2.67. The van der Waals surface area contributed by atoms with E-state index < -0.39 is 11.6 Å². The first kappa shape index (κ1) is 11.5. The highest BCUT2D eigenvalue weighted by atomic mass is 79.9. The van der Waals surface area contributed by atoms with Gasteiger partial charge in [-0.1, -0.05) is 6.07 Å². The quantitative estimate of drug-likeness (QED) is 0.886. The number of thiophene rings is 1. The van der Waals surface area contributed by atoms with Crippen molar-refractivity contribution in [2.75, 3.05) is 5.32 Å². The van der Waals surface area contributed by atoms with E-state index in [9.17, 15) is 8.78 Å². The highest BCUT2D eigenvalue weighted by Gasteiger charge is 2.07. The van der Waals surface area contributed by atoms with Crippen LogP contribution >= 0.6 is 27.3 Å². The maximum Gasteiger partial charge on any atom is 0.181 e. The van der Waals surface area contributed by atoms with Crippen molar-refractivity contribution in [3.63, 3.8) is 0 Å². The first-order chi connectivity index (χ1) is 7.66. The van der Waals surface area contributed by atoms with Gasteiger partial charge in [-0.15, -0.1) is 11.3 Å². The van der Waals surface area contributed by atoms with Crippen LogP contribution in [-0.2, 0) is 6.54 Å². The van der Waals surface area contributed by atoms with Crippen molar-refractivity contribution in [2.24, 2.45) is 0 Å². The lowest BCUT2D eigenvalue weighted by atomic mass is 10.3. The Morgan fingerprint density at radius 3 is 2.81 bits per heavy atom. The summed E-state index contributed by atoms with van der Waals surface area (Å²) in [7, 11) is 0. The molecule has 84 valence electrons. The predicted octanol–water partition coefficient (Wildman–Crippen LogP) is 4.40. The number of rotatable bonds is 3. The van der Waals surface area contributed by atoms with Gasteiger partial charge < -0.3 is 5.32 Å². The SMILES string of the molecule is Fc1cccc(NCc2cc(Br)cs2)c1F. The Balaban J connectivity index is 2.07. The summed E-state index contributed by atoms with van der Waals surface area (Å²) in [4.78, 5) is 1.05. The summed E-state index contributed by atoms with van der Waals surface area (Å²) in [6, 6.07) is 6.03. The highest BCUT2D eigenvalue weighted by Crippen LogP contribution is 2.22. The third-order valence-electron chi connectivity index (χ3n) is 2.03. The second kappa shape index (κ2) is 4.93. The molecule has 0 atom stereocenters. The molecule has 2 rings (SSSR count). The monoisotopic (exact) mass is 303 g/mol. The summed E-state index contributed by atoms with van der Waals surface area (Å²) >= 11 is 4.89. The minimum atomic E-state index is -0.836. The molecule has 5 heteroatoms.